The lowest BCUT2D eigenvalue weighted by molar-refractivity contribution is -0.120. The zero-order valence-electron chi connectivity index (χ0n) is 10.2. The van der Waals surface area contributed by atoms with Gasteiger partial charge in [-0.1, -0.05) is 11.6 Å². The van der Waals surface area contributed by atoms with Gasteiger partial charge in [-0.2, -0.15) is 5.26 Å². The van der Waals surface area contributed by atoms with Crippen LogP contribution in [0.4, 0.5) is 0 Å². The van der Waals surface area contributed by atoms with E-state index in [4.69, 9.17) is 16.3 Å². The highest BCUT2D eigenvalue weighted by Gasteiger charge is 2.38. The Labute approximate surface area is 111 Å². The molecule has 0 spiro atoms. The number of carbonyl (C=O) groups is 1. The van der Waals surface area contributed by atoms with Crippen LogP contribution in [-0.2, 0) is 10.2 Å². The third kappa shape index (κ3) is 2.21. The number of methoxy groups -OCH3 is 1. The van der Waals surface area contributed by atoms with Crippen LogP contribution in [0.2, 0.25) is 5.02 Å². The minimum absolute atomic E-state index is 0.222. The Morgan fingerprint density at radius 1 is 1.39 bits per heavy atom. The fourth-order valence-corrected chi connectivity index (χ4v) is 2.69. The molecule has 3 nitrogen and oxygen atoms in total. The predicted molar refractivity (Wildman–Crippen MR) is 68.8 cm³/mol. The predicted octanol–water partition coefficient (Wildman–Crippen LogP) is 3.25. The number of rotatable bonds is 2. The van der Waals surface area contributed by atoms with Crippen LogP contribution < -0.4 is 4.74 Å². The highest BCUT2D eigenvalue weighted by Crippen LogP contribution is 2.42. The van der Waals surface area contributed by atoms with E-state index in [1.54, 1.807) is 25.3 Å². The van der Waals surface area contributed by atoms with Gasteiger partial charge >= 0.3 is 0 Å². The molecule has 2 rings (SSSR count). The molecule has 1 aliphatic carbocycles. The number of ether oxygens (including phenoxy) is 1. The summed E-state index contributed by atoms with van der Waals surface area (Å²) in [4.78, 5) is 11.3. The quantitative estimate of drug-likeness (QED) is 0.823. The van der Waals surface area contributed by atoms with Crippen LogP contribution in [0.3, 0.4) is 0 Å². The van der Waals surface area contributed by atoms with Crippen LogP contribution in [-0.4, -0.2) is 12.9 Å². The maximum absolute atomic E-state index is 11.3. The Morgan fingerprint density at radius 3 is 2.61 bits per heavy atom. The normalized spacial score (nSPS) is 18.2. The fourth-order valence-electron chi connectivity index (χ4n) is 2.40. The molecular formula is C14H14ClNO2. The molecule has 1 fully saturated rings. The minimum atomic E-state index is -0.653. The van der Waals surface area contributed by atoms with Gasteiger partial charge in [0, 0.05) is 17.9 Å². The molecule has 18 heavy (non-hydrogen) atoms. The number of carbonyl (C=O) groups excluding carboxylic acids is 1. The van der Waals surface area contributed by atoms with E-state index in [0.717, 1.165) is 5.56 Å². The molecule has 0 bridgehead atoms. The van der Waals surface area contributed by atoms with E-state index in [-0.39, 0.29) is 5.78 Å². The van der Waals surface area contributed by atoms with Crippen LogP contribution in [0.1, 0.15) is 31.2 Å². The number of hydrogen-bond donors (Lipinski definition) is 0. The van der Waals surface area contributed by atoms with E-state index < -0.39 is 5.41 Å². The summed E-state index contributed by atoms with van der Waals surface area (Å²) in [5.41, 5.74) is 0.123. The molecule has 1 saturated carbocycles. The first-order valence-corrected chi connectivity index (χ1v) is 6.26. The lowest BCUT2D eigenvalue weighted by Crippen LogP contribution is -2.30. The van der Waals surface area contributed by atoms with Crippen molar-refractivity contribution in [3.8, 4) is 11.8 Å². The standard InChI is InChI=1S/C14H14ClNO2/c1-18-11-2-3-13(15)12(8-11)14(9-16)6-4-10(17)5-7-14/h2-3,8H,4-7H2,1H3. The number of benzene rings is 1. The number of halogens is 1. The zero-order valence-corrected chi connectivity index (χ0v) is 11.0. The summed E-state index contributed by atoms with van der Waals surface area (Å²) in [7, 11) is 1.58. The molecular weight excluding hydrogens is 250 g/mol. The lowest BCUT2D eigenvalue weighted by Gasteiger charge is -2.31. The van der Waals surface area contributed by atoms with E-state index in [2.05, 4.69) is 6.07 Å². The highest BCUT2D eigenvalue weighted by atomic mass is 35.5. The summed E-state index contributed by atoms with van der Waals surface area (Å²) in [6, 6.07) is 7.67. The maximum Gasteiger partial charge on any atom is 0.133 e. The molecule has 0 amide bonds. The SMILES string of the molecule is COc1ccc(Cl)c(C2(C#N)CCC(=O)CC2)c1. The summed E-state index contributed by atoms with van der Waals surface area (Å²) in [6.45, 7) is 0. The fraction of sp³-hybridized carbons (Fsp3) is 0.429. The van der Waals surface area contributed by atoms with Crippen molar-refractivity contribution in [1.82, 2.24) is 0 Å². The third-order valence-corrected chi connectivity index (χ3v) is 3.89. The van der Waals surface area contributed by atoms with Crippen LogP contribution in [0, 0.1) is 11.3 Å². The van der Waals surface area contributed by atoms with E-state index in [0.29, 0.717) is 36.5 Å². The zero-order chi connectivity index (χ0) is 13.2. The molecule has 1 aromatic rings. The Morgan fingerprint density at radius 2 is 2.06 bits per heavy atom. The first-order valence-electron chi connectivity index (χ1n) is 5.88. The van der Waals surface area contributed by atoms with Crippen LogP contribution in [0.25, 0.3) is 0 Å². The van der Waals surface area contributed by atoms with E-state index in [1.165, 1.54) is 0 Å². The van der Waals surface area contributed by atoms with Crippen LogP contribution in [0.15, 0.2) is 18.2 Å². The van der Waals surface area contributed by atoms with Crippen molar-refractivity contribution in [1.29, 1.82) is 5.26 Å². The van der Waals surface area contributed by atoms with Crippen molar-refractivity contribution < 1.29 is 9.53 Å². The smallest absolute Gasteiger partial charge is 0.133 e. The second-order valence-corrected chi connectivity index (χ2v) is 4.99. The summed E-state index contributed by atoms with van der Waals surface area (Å²) in [5, 5.41) is 10.1. The molecule has 0 aliphatic heterocycles. The molecule has 1 aromatic carbocycles. The van der Waals surface area contributed by atoms with Crippen molar-refractivity contribution in [3.05, 3.63) is 28.8 Å². The number of nitriles is 1. The van der Waals surface area contributed by atoms with E-state index in [1.807, 2.05) is 0 Å². The Bertz CT molecular complexity index is 509. The lowest BCUT2D eigenvalue weighted by atomic mass is 9.70. The molecule has 0 N–H and O–H groups in total. The monoisotopic (exact) mass is 263 g/mol. The van der Waals surface area contributed by atoms with Crippen LogP contribution in [0.5, 0.6) is 5.75 Å². The number of ketones is 1. The minimum Gasteiger partial charge on any atom is -0.497 e. The molecule has 1 aliphatic rings. The van der Waals surface area contributed by atoms with Gasteiger partial charge in [0.1, 0.15) is 11.5 Å². The Balaban J connectivity index is 2.44. The van der Waals surface area contributed by atoms with Gasteiger partial charge < -0.3 is 4.74 Å². The van der Waals surface area contributed by atoms with Crippen molar-refractivity contribution in [3.63, 3.8) is 0 Å². The van der Waals surface area contributed by atoms with E-state index in [9.17, 15) is 10.1 Å². The second kappa shape index (κ2) is 4.99. The van der Waals surface area contributed by atoms with Crippen LogP contribution >= 0.6 is 11.6 Å². The number of nitrogens with zero attached hydrogens (tertiary/aromatic N) is 1. The van der Waals surface area contributed by atoms with Gasteiger partial charge in [-0.25, -0.2) is 0 Å². The van der Waals surface area contributed by atoms with Gasteiger partial charge in [0.05, 0.1) is 18.6 Å². The number of hydrogen-bond acceptors (Lipinski definition) is 3. The molecule has 0 atom stereocenters. The van der Waals surface area contributed by atoms with Crippen molar-refractivity contribution >= 4 is 17.4 Å². The Kier molecular flexibility index (Phi) is 3.58. The molecule has 0 radical (unpaired) electrons. The first kappa shape index (κ1) is 12.9. The summed E-state index contributed by atoms with van der Waals surface area (Å²) < 4.78 is 5.18. The Hall–Kier alpha value is -1.53. The van der Waals surface area contributed by atoms with Gasteiger partial charge in [-0.15, -0.1) is 0 Å². The topological polar surface area (TPSA) is 50.1 Å². The summed E-state index contributed by atoms with van der Waals surface area (Å²) in [6.07, 6.45) is 1.96. The van der Waals surface area contributed by atoms with Crippen molar-refractivity contribution in [2.45, 2.75) is 31.1 Å². The average Bonchev–Trinajstić information content (AvgIpc) is 2.41. The molecule has 0 heterocycles. The molecule has 0 saturated heterocycles. The van der Waals surface area contributed by atoms with Gasteiger partial charge in [-0.05, 0) is 36.6 Å². The third-order valence-electron chi connectivity index (χ3n) is 3.56. The van der Waals surface area contributed by atoms with Crippen molar-refractivity contribution in [2.24, 2.45) is 0 Å². The first-order chi connectivity index (χ1) is 8.61. The second-order valence-electron chi connectivity index (χ2n) is 4.58. The maximum atomic E-state index is 11.3. The molecule has 0 unspecified atom stereocenters. The molecule has 94 valence electrons. The molecule has 0 aromatic heterocycles. The van der Waals surface area contributed by atoms with Crippen molar-refractivity contribution in [2.75, 3.05) is 7.11 Å². The highest BCUT2D eigenvalue weighted by molar-refractivity contribution is 6.31. The summed E-state index contributed by atoms with van der Waals surface area (Å²) >= 11 is 6.20. The van der Waals surface area contributed by atoms with E-state index >= 15 is 0 Å². The largest absolute Gasteiger partial charge is 0.497 e. The van der Waals surface area contributed by atoms with Gasteiger partial charge in [0.25, 0.3) is 0 Å². The van der Waals surface area contributed by atoms with Gasteiger partial charge in [0.15, 0.2) is 0 Å². The van der Waals surface area contributed by atoms with Gasteiger partial charge in [0.2, 0.25) is 0 Å². The number of Topliss-reactive ketones (excluding diaryl/α,β-unsaturated/α-hetero) is 1. The average molecular weight is 264 g/mol. The molecule has 4 heteroatoms. The van der Waals surface area contributed by atoms with Gasteiger partial charge in [-0.3, -0.25) is 4.79 Å². The summed E-state index contributed by atoms with van der Waals surface area (Å²) in [5.74, 6) is 0.904.